The fourth-order valence-corrected chi connectivity index (χ4v) is 3.54. The van der Waals surface area contributed by atoms with Crippen LogP contribution in [-0.2, 0) is 10.3 Å². The van der Waals surface area contributed by atoms with Crippen molar-refractivity contribution >= 4 is 22.0 Å². The SMILES string of the molecule is COc1cc(Br)c(C2(N=C=O)CCCC2)c(OC)c1. The topological polar surface area (TPSA) is 47.9 Å². The molecule has 0 atom stereocenters. The molecule has 0 saturated heterocycles. The average Bonchev–Trinajstić information content (AvgIpc) is 2.87. The minimum absolute atomic E-state index is 0.516. The Morgan fingerprint density at radius 2 is 1.95 bits per heavy atom. The van der Waals surface area contributed by atoms with Gasteiger partial charge < -0.3 is 9.47 Å². The highest BCUT2D eigenvalue weighted by Crippen LogP contribution is 2.49. The maximum atomic E-state index is 10.8. The number of nitrogens with zero attached hydrogens (tertiary/aromatic N) is 1. The quantitative estimate of drug-likeness (QED) is 0.628. The van der Waals surface area contributed by atoms with Gasteiger partial charge in [-0.3, -0.25) is 0 Å². The zero-order chi connectivity index (χ0) is 13.9. The summed E-state index contributed by atoms with van der Waals surface area (Å²) in [5.41, 5.74) is 0.398. The van der Waals surface area contributed by atoms with Crippen LogP contribution in [0.15, 0.2) is 21.6 Å². The third-order valence-corrected chi connectivity index (χ3v) is 4.26. The number of halogens is 1. The molecular weight excluding hydrogens is 310 g/mol. The number of carbonyl (C=O) groups excluding carboxylic acids is 1. The lowest BCUT2D eigenvalue weighted by Gasteiger charge is -2.26. The van der Waals surface area contributed by atoms with Crippen molar-refractivity contribution in [1.82, 2.24) is 0 Å². The molecule has 0 radical (unpaired) electrons. The van der Waals surface area contributed by atoms with Crippen LogP contribution in [0, 0.1) is 0 Å². The summed E-state index contributed by atoms with van der Waals surface area (Å²) in [6.45, 7) is 0. The van der Waals surface area contributed by atoms with E-state index in [-0.39, 0.29) is 0 Å². The zero-order valence-corrected chi connectivity index (χ0v) is 12.6. The molecule has 0 N–H and O–H groups in total. The summed E-state index contributed by atoms with van der Waals surface area (Å²) in [5, 5.41) is 0. The van der Waals surface area contributed by atoms with Gasteiger partial charge in [0, 0.05) is 16.1 Å². The van der Waals surface area contributed by atoms with Crippen molar-refractivity contribution in [2.75, 3.05) is 14.2 Å². The Hall–Kier alpha value is -1.32. The predicted molar refractivity (Wildman–Crippen MR) is 75.5 cm³/mol. The van der Waals surface area contributed by atoms with Crippen LogP contribution in [0.25, 0.3) is 0 Å². The maximum absolute atomic E-state index is 10.8. The van der Waals surface area contributed by atoms with Gasteiger partial charge in [0.2, 0.25) is 6.08 Å². The van der Waals surface area contributed by atoms with Crippen LogP contribution in [0.5, 0.6) is 11.5 Å². The fourth-order valence-electron chi connectivity index (χ4n) is 2.75. The van der Waals surface area contributed by atoms with Gasteiger partial charge in [0.15, 0.2) is 0 Å². The lowest BCUT2D eigenvalue weighted by Crippen LogP contribution is -2.20. The third-order valence-electron chi connectivity index (χ3n) is 3.64. The van der Waals surface area contributed by atoms with Gasteiger partial charge in [-0.1, -0.05) is 28.8 Å². The van der Waals surface area contributed by atoms with Crippen LogP contribution in [0.3, 0.4) is 0 Å². The molecule has 102 valence electrons. The third kappa shape index (κ3) is 2.53. The summed E-state index contributed by atoms with van der Waals surface area (Å²) in [4.78, 5) is 14.9. The van der Waals surface area contributed by atoms with E-state index < -0.39 is 5.54 Å². The summed E-state index contributed by atoms with van der Waals surface area (Å²) in [5.74, 6) is 1.39. The molecule has 0 unspecified atom stereocenters. The van der Waals surface area contributed by atoms with E-state index >= 15 is 0 Å². The molecule has 2 rings (SSSR count). The smallest absolute Gasteiger partial charge is 0.235 e. The minimum Gasteiger partial charge on any atom is -0.497 e. The first-order valence-corrected chi connectivity index (χ1v) is 6.97. The van der Waals surface area contributed by atoms with Crippen molar-refractivity contribution < 1.29 is 14.3 Å². The number of hydrogen-bond acceptors (Lipinski definition) is 4. The molecule has 1 aromatic carbocycles. The molecule has 0 amide bonds. The molecule has 1 saturated carbocycles. The van der Waals surface area contributed by atoms with Gasteiger partial charge in [-0.15, -0.1) is 0 Å². The highest BCUT2D eigenvalue weighted by atomic mass is 79.9. The number of hydrogen-bond donors (Lipinski definition) is 0. The summed E-state index contributed by atoms with van der Waals surface area (Å²) in [6.07, 6.45) is 5.49. The van der Waals surface area contributed by atoms with Gasteiger partial charge in [-0.05, 0) is 18.9 Å². The molecule has 4 nitrogen and oxygen atoms in total. The van der Waals surface area contributed by atoms with E-state index in [1.807, 2.05) is 12.1 Å². The average molecular weight is 326 g/mol. The molecule has 19 heavy (non-hydrogen) atoms. The van der Waals surface area contributed by atoms with Gasteiger partial charge in [-0.25, -0.2) is 4.79 Å². The summed E-state index contributed by atoms with van der Waals surface area (Å²) in [6, 6.07) is 3.69. The molecule has 0 spiro atoms. The molecule has 0 aliphatic heterocycles. The van der Waals surface area contributed by atoms with Gasteiger partial charge in [0.1, 0.15) is 17.0 Å². The second-order valence-corrected chi connectivity index (χ2v) is 5.48. The minimum atomic E-state index is -0.516. The van der Waals surface area contributed by atoms with E-state index in [1.54, 1.807) is 20.3 Å². The van der Waals surface area contributed by atoms with Crippen LogP contribution in [-0.4, -0.2) is 20.3 Å². The Kier molecular flexibility index (Phi) is 4.27. The van der Waals surface area contributed by atoms with Gasteiger partial charge in [0.25, 0.3) is 0 Å². The zero-order valence-electron chi connectivity index (χ0n) is 11.0. The van der Waals surface area contributed by atoms with E-state index in [2.05, 4.69) is 20.9 Å². The molecule has 5 heteroatoms. The highest BCUT2D eigenvalue weighted by Gasteiger charge is 2.39. The Balaban J connectivity index is 2.62. The number of ether oxygens (including phenoxy) is 2. The normalized spacial score (nSPS) is 16.8. The second-order valence-electron chi connectivity index (χ2n) is 4.63. The highest BCUT2D eigenvalue weighted by molar-refractivity contribution is 9.10. The molecule has 1 aromatic rings. The molecule has 0 heterocycles. The second kappa shape index (κ2) is 5.76. The number of benzene rings is 1. The Morgan fingerprint density at radius 3 is 2.47 bits per heavy atom. The predicted octanol–water partition coefficient (Wildman–Crippen LogP) is 3.57. The molecule has 1 fully saturated rings. The van der Waals surface area contributed by atoms with Crippen LogP contribution in [0.1, 0.15) is 31.2 Å². The summed E-state index contributed by atoms with van der Waals surface area (Å²) < 4.78 is 11.5. The largest absolute Gasteiger partial charge is 0.497 e. The van der Waals surface area contributed by atoms with E-state index in [0.29, 0.717) is 11.5 Å². The van der Waals surface area contributed by atoms with Crippen LogP contribution < -0.4 is 9.47 Å². The van der Waals surface area contributed by atoms with Crippen molar-refractivity contribution in [2.45, 2.75) is 31.2 Å². The van der Waals surface area contributed by atoms with Gasteiger partial charge >= 0.3 is 0 Å². The molecule has 0 bridgehead atoms. The first kappa shape index (κ1) is 14.1. The lowest BCUT2D eigenvalue weighted by molar-refractivity contribution is 0.368. The fraction of sp³-hybridized carbons (Fsp3) is 0.500. The Morgan fingerprint density at radius 1 is 1.26 bits per heavy atom. The number of isocyanates is 1. The Labute approximate surface area is 120 Å². The Bertz CT molecular complexity index is 518. The van der Waals surface area contributed by atoms with E-state index in [4.69, 9.17) is 9.47 Å². The van der Waals surface area contributed by atoms with E-state index in [0.717, 1.165) is 35.7 Å². The number of methoxy groups -OCH3 is 2. The standard InChI is InChI=1S/C14H16BrNO3/c1-18-10-7-11(15)13(12(8-10)19-2)14(16-9-17)5-3-4-6-14/h7-8H,3-6H2,1-2H3. The van der Waals surface area contributed by atoms with Crippen LogP contribution >= 0.6 is 15.9 Å². The van der Waals surface area contributed by atoms with Gasteiger partial charge in [0.05, 0.1) is 14.2 Å². The molecular formula is C14H16BrNO3. The molecule has 1 aliphatic rings. The van der Waals surface area contributed by atoms with Crippen molar-refractivity contribution in [1.29, 1.82) is 0 Å². The lowest BCUT2D eigenvalue weighted by atomic mass is 9.88. The van der Waals surface area contributed by atoms with Gasteiger partial charge in [-0.2, -0.15) is 4.99 Å². The number of rotatable bonds is 4. The molecule has 0 aromatic heterocycles. The van der Waals surface area contributed by atoms with Crippen molar-refractivity contribution in [2.24, 2.45) is 4.99 Å². The maximum Gasteiger partial charge on any atom is 0.235 e. The summed E-state index contributed by atoms with van der Waals surface area (Å²) >= 11 is 3.55. The number of aliphatic imine (C=N–C) groups is 1. The summed E-state index contributed by atoms with van der Waals surface area (Å²) in [7, 11) is 3.22. The first-order chi connectivity index (χ1) is 9.16. The van der Waals surface area contributed by atoms with Crippen LogP contribution in [0.4, 0.5) is 0 Å². The van der Waals surface area contributed by atoms with Crippen LogP contribution in [0.2, 0.25) is 0 Å². The van der Waals surface area contributed by atoms with E-state index in [1.165, 1.54) is 0 Å². The van der Waals surface area contributed by atoms with Crippen molar-refractivity contribution in [3.63, 3.8) is 0 Å². The van der Waals surface area contributed by atoms with Crippen molar-refractivity contribution in [3.05, 3.63) is 22.2 Å². The monoisotopic (exact) mass is 325 g/mol. The first-order valence-electron chi connectivity index (χ1n) is 6.18. The van der Waals surface area contributed by atoms with E-state index in [9.17, 15) is 4.79 Å². The molecule has 1 aliphatic carbocycles. The van der Waals surface area contributed by atoms with Crippen molar-refractivity contribution in [3.8, 4) is 11.5 Å².